The van der Waals surface area contributed by atoms with Crippen molar-refractivity contribution in [1.82, 2.24) is 4.98 Å². The van der Waals surface area contributed by atoms with Crippen LogP contribution in [0, 0.1) is 11.3 Å². The minimum absolute atomic E-state index is 0.610. The minimum atomic E-state index is 0.610. The van der Waals surface area contributed by atoms with Gasteiger partial charge in [0.25, 0.3) is 0 Å². The Morgan fingerprint density at radius 1 is 1.62 bits per heavy atom. The maximum absolute atomic E-state index is 8.74. The highest BCUT2D eigenvalue weighted by atomic mass is 14.9. The first-order valence-electron chi connectivity index (χ1n) is 4.46. The summed E-state index contributed by atoms with van der Waals surface area (Å²) in [6.07, 6.45) is 5.54. The summed E-state index contributed by atoms with van der Waals surface area (Å²) in [5.74, 6) is 0. The number of aromatic nitrogens is 1. The van der Waals surface area contributed by atoms with E-state index in [1.165, 1.54) is 0 Å². The number of anilines is 1. The number of unbranched alkanes of at least 4 members (excludes halogenated alkanes) is 1. The van der Waals surface area contributed by atoms with Crippen LogP contribution in [0.15, 0.2) is 18.5 Å². The Bertz CT molecular complexity index is 301. The first-order chi connectivity index (χ1) is 6.38. The molecule has 0 unspecified atom stereocenters. The minimum Gasteiger partial charge on any atom is -0.384 e. The Labute approximate surface area is 78.4 Å². The van der Waals surface area contributed by atoms with Crippen LogP contribution >= 0.6 is 0 Å². The van der Waals surface area contributed by atoms with Crippen LogP contribution in [-0.2, 0) is 0 Å². The number of hydrogen-bond donors (Lipinski definition) is 1. The molecule has 1 N–H and O–H groups in total. The van der Waals surface area contributed by atoms with Gasteiger partial charge in [0, 0.05) is 18.9 Å². The number of hydrogen-bond acceptors (Lipinski definition) is 3. The van der Waals surface area contributed by atoms with E-state index in [2.05, 4.69) is 23.3 Å². The maximum Gasteiger partial charge on any atom is 0.103 e. The molecule has 0 aliphatic rings. The van der Waals surface area contributed by atoms with Crippen molar-refractivity contribution in [2.45, 2.75) is 19.8 Å². The molecule has 0 saturated heterocycles. The standard InChI is InChI=1S/C10H13N3/c1-2-3-5-13-10-4-6-12-8-9(10)7-11/h4,6,8H,2-3,5H2,1H3,(H,12,13). The van der Waals surface area contributed by atoms with Crippen molar-refractivity contribution in [2.75, 3.05) is 11.9 Å². The molecule has 1 aromatic heterocycles. The fraction of sp³-hybridized carbons (Fsp3) is 0.400. The third kappa shape index (κ3) is 2.75. The molecule has 0 bridgehead atoms. The van der Waals surface area contributed by atoms with Crippen LogP contribution in [0.25, 0.3) is 0 Å². The lowest BCUT2D eigenvalue weighted by molar-refractivity contribution is 0.834. The molecule has 68 valence electrons. The van der Waals surface area contributed by atoms with E-state index < -0.39 is 0 Å². The summed E-state index contributed by atoms with van der Waals surface area (Å²) in [5, 5.41) is 11.9. The van der Waals surface area contributed by atoms with Crippen LogP contribution in [0.3, 0.4) is 0 Å². The molecule has 3 nitrogen and oxygen atoms in total. The summed E-state index contributed by atoms with van der Waals surface area (Å²) in [4.78, 5) is 3.88. The molecule has 3 heteroatoms. The second-order valence-corrected chi connectivity index (χ2v) is 2.81. The summed E-state index contributed by atoms with van der Waals surface area (Å²) in [6.45, 7) is 3.05. The van der Waals surface area contributed by atoms with E-state index in [1.807, 2.05) is 6.07 Å². The number of nitriles is 1. The molecule has 1 heterocycles. The van der Waals surface area contributed by atoms with E-state index in [9.17, 15) is 0 Å². The van der Waals surface area contributed by atoms with Crippen LogP contribution in [0.2, 0.25) is 0 Å². The van der Waals surface area contributed by atoms with Crippen LogP contribution in [0.5, 0.6) is 0 Å². The van der Waals surface area contributed by atoms with Crippen molar-refractivity contribution < 1.29 is 0 Å². The van der Waals surface area contributed by atoms with Crippen LogP contribution < -0.4 is 5.32 Å². The second-order valence-electron chi connectivity index (χ2n) is 2.81. The SMILES string of the molecule is CCCCNc1ccncc1C#N. The Morgan fingerprint density at radius 2 is 2.46 bits per heavy atom. The molecule has 0 saturated carbocycles. The van der Waals surface area contributed by atoms with Gasteiger partial charge >= 0.3 is 0 Å². The van der Waals surface area contributed by atoms with E-state index in [4.69, 9.17) is 5.26 Å². The van der Waals surface area contributed by atoms with Crippen LogP contribution in [-0.4, -0.2) is 11.5 Å². The molecule has 0 radical (unpaired) electrons. The van der Waals surface area contributed by atoms with Crippen molar-refractivity contribution in [2.24, 2.45) is 0 Å². The lowest BCUT2D eigenvalue weighted by Crippen LogP contribution is -2.02. The Kier molecular flexibility index (Phi) is 3.77. The van der Waals surface area contributed by atoms with Crippen molar-refractivity contribution in [1.29, 1.82) is 5.26 Å². The number of nitrogens with one attached hydrogen (secondary N) is 1. The van der Waals surface area contributed by atoms with Gasteiger partial charge in [-0.1, -0.05) is 13.3 Å². The molecular weight excluding hydrogens is 162 g/mol. The molecule has 0 aliphatic carbocycles. The third-order valence-corrected chi connectivity index (χ3v) is 1.79. The molecule has 0 aliphatic heterocycles. The molecule has 0 aromatic carbocycles. The maximum atomic E-state index is 8.74. The van der Waals surface area contributed by atoms with Gasteiger partial charge in [0.05, 0.1) is 11.3 Å². The smallest absolute Gasteiger partial charge is 0.103 e. The Morgan fingerprint density at radius 3 is 3.15 bits per heavy atom. The van der Waals surface area contributed by atoms with Crippen molar-refractivity contribution in [3.05, 3.63) is 24.0 Å². The van der Waals surface area contributed by atoms with Gasteiger partial charge in [-0.15, -0.1) is 0 Å². The van der Waals surface area contributed by atoms with E-state index in [-0.39, 0.29) is 0 Å². The average molecular weight is 175 g/mol. The number of pyridine rings is 1. The first-order valence-corrected chi connectivity index (χ1v) is 4.46. The molecule has 1 rings (SSSR count). The van der Waals surface area contributed by atoms with Crippen LogP contribution in [0.4, 0.5) is 5.69 Å². The predicted octanol–water partition coefficient (Wildman–Crippen LogP) is 2.17. The van der Waals surface area contributed by atoms with E-state index in [0.29, 0.717) is 5.56 Å². The zero-order valence-corrected chi connectivity index (χ0v) is 7.75. The second kappa shape index (κ2) is 5.15. The zero-order chi connectivity index (χ0) is 9.52. The first kappa shape index (κ1) is 9.53. The molecule has 0 spiro atoms. The Hall–Kier alpha value is -1.56. The quantitative estimate of drug-likeness (QED) is 0.713. The van der Waals surface area contributed by atoms with Gasteiger partial charge in [0.1, 0.15) is 6.07 Å². The zero-order valence-electron chi connectivity index (χ0n) is 7.75. The van der Waals surface area contributed by atoms with Gasteiger partial charge in [-0.2, -0.15) is 5.26 Å². The summed E-state index contributed by atoms with van der Waals surface area (Å²) < 4.78 is 0. The summed E-state index contributed by atoms with van der Waals surface area (Å²) in [7, 11) is 0. The van der Waals surface area contributed by atoms with Gasteiger partial charge in [0.2, 0.25) is 0 Å². The highest BCUT2D eigenvalue weighted by Gasteiger charge is 1.98. The fourth-order valence-corrected chi connectivity index (χ4v) is 1.04. The highest BCUT2D eigenvalue weighted by molar-refractivity contribution is 5.55. The van der Waals surface area contributed by atoms with Gasteiger partial charge in [-0.05, 0) is 12.5 Å². The lowest BCUT2D eigenvalue weighted by Gasteiger charge is -2.05. The lowest BCUT2D eigenvalue weighted by atomic mass is 10.2. The summed E-state index contributed by atoms with van der Waals surface area (Å²) in [5.41, 5.74) is 1.49. The van der Waals surface area contributed by atoms with Crippen molar-refractivity contribution in [3.63, 3.8) is 0 Å². The van der Waals surface area contributed by atoms with Gasteiger partial charge in [-0.3, -0.25) is 4.98 Å². The highest BCUT2D eigenvalue weighted by Crippen LogP contribution is 2.11. The molecule has 0 amide bonds. The van der Waals surface area contributed by atoms with Crippen LogP contribution in [0.1, 0.15) is 25.3 Å². The van der Waals surface area contributed by atoms with Crippen molar-refractivity contribution >= 4 is 5.69 Å². The Balaban J connectivity index is 2.60. The van der Waals surface area contributed by atoms with E-state index >= 15 is 0 Å². The molecule has 0 fully saturated rings. The van der Waals surface area contributed by atoms with Gasteiger partial charge in [-0.25, -0.2) is 0 Å². The largest absolute Gasteiger partial charge is 0.384 e. The summed E-state index contributed by atoms with van der Waals surface area (Å²) in [6, 6.07) is 3.93. The summed E-state index contributed by atoms with van der Waals surface area (Å²) >= 11 is 0. The predicted molar refractivity (Wildman–Crippen MR) is 52.3 cm³/mol. The molecule has 13 heavy (non-hydrogen) atoms. The number of rotatable bonds is 4. The fourth-order valence-electron chi connectivity index (χ4n) is 1.04. The molecular formula is C10H13N3. The van der Waals surface area contributed by atoms with Gasteiger partial charge in [0.15, 0.2) is 0 Å². The topological polar surface area (TPSA) is 48.7 Å². The van der Waals surface area contributed by atoms with E-state index in [1.54, 1.807) is 12.4 Å². The van der Waals surface area contributed by atoms with Crippen molar-refractivity contribution in [3.8, 4) is 6.07 Å². The average Bonchev–Trinajstić information content (AvgIpc) is 2.19. The third-order valence-electron chi connectivity index (χ3n) is 1.79. The van der Waals surface area contributed by atoms with Gasteiger partial charge < -0.3 is 5.32 Å². The molecule has 0 atom stereocenters. The van der Waals surface area contributed by atoms with E-state index in [0.717, 1.165) is 25.1 Å². The monoisotopic (exact) mass is 175 g/mol. The molecule has 1 aromatic rings. The number of nitrogens with zero attached hydrogens (tertiary/aromatic N) is 2. The normalized spacial score (nSPS) is 9.23.